The second-order valence-corrected chi connectivity index (χ2v) is 20.2. The number of aromatic hydroxyl groups is 1. The van der Waals surface area contributed by atoms with Gasteiger partial charge in [0.05, 0.1) is 32.6 Å². The molecule has 0 saturated carbocycles. The number of rotatable bonds is 37. The molecule has 0 unspecified atom stereocenters. The average molecular weight is 1230 g/mol. The van der Waals surface area contributed by atoms with Crippen LogP contribution in [0.3, 0.4) is 0 Å². The Kier molecular flexibility index (Phi) is 30.7. The summed E-state index contributed by atoms with van der Waals surface area (Å²) in [4.78, 5) is 185. The molecule has 0 bridgehead atoms. The van der Waals surface area contributed by atoms with Gasteiger partial charge >= 0.3 is 0 Å². The van der Waals surface area contributed by atoms with Gasteiger partial charge in [-0.1, -0.05) is 42.5 Å². The van der Waals surface area contributed by atoms with Crippen molar-refractivity contribution in [2.45, 2.75) is 113 Å². The third-order valence-corrected chi connectivity index (χ3v) is 13.6. The molecular formula is C52H76N16O15S2. The lowest BCUT2D eigenvalue weighted by Crippen LogP contribution is -2.61. The second kappa shape index (κ2) is 36.9. The summed E-state index contributed by atoms with van der Waals surface area (Å²) < 4.78 is 0. The van der Waals surface area contributed by atoms with Crippen molar-refractivity contribution in [3.8, 4) is 5.75 Å². The van der Waals surface area contributed by atoms with Gasteiger partial charge in [-0.05, 0) is 68.3 Å². The fourth-order valence-corrected chi connectivity index (χ4v) is 8.92. The summed E-state index contributed by atoms with van der Waals surface area (Å²) >= 11 is 8.42. The third kappa shape index (κ3) is 25.5. The second-order valence-electron chi connectivity index (χ2n) is 19.5. The van der Waals surface area contributed by atoms with Crippen molar-refractivity contribution in [2.24, 2.45) is 28.7 Å². The van der Waals surface area contributed by atoms with Crippen molar-refractivity contribution in [3.63, 3.8) is 0 Å². The first-order chi connectivity index (χ1) is 40.4. The summed E-state index contributed by atoms with van der Waals surface area (Å²) in [7, 11) is 0. The molecule has 14 amide bonds. The minimum Gasteiger partial charge on any atom is -0.508 e. The SMILES string of the molecule is NCCCC[C@H](NC(=O)[C@@H]1CCCN1C(=O)[C@H](CS)NC(=O)[C@H](CC(N)=O)NC(=O)[C@H](CCC(N)=O)NC(=O)[C@H](Cc1ccccc1)NC(=O)[C@H](Cc1ccc(O)cc1)NC(=O)[C@H](CS)NC(=O)CNC(=O)CNC(=O)CN)C(=O)NCC(N)=O. The summed E-state index contributed by atoms with van der Waals surface area (Å²) in [6, 6.07) is 1.86. The Labute approximate surface area is 499 Å². The van der Waals surface area contributed by atoms with Gasteiger partial charge in [0, 0.05) is 37.3 Å². The Balaban J connectivity index is 1.89. The van der Waals surface area contributed by atoms with Gasteiger partial charge in [0.15, 0.2) is 0 Å². The predicted molar refractivity (Wildman–Crippen MR) is 310 cm³/mol. The van der Waals surface area contributed by atoms with Crippen LogP contribution in [-0.4, -0.2) is 192 Å². The molecule has 1 aliphatic rings. The van der Waals surface area contributed by atoms with Crippen LogP contribution in [0.25, 0.3) is 0 Å². The van der Waals surface area contributed by atoms with E-state index in [-0.39, 0.29) is 56.0 Å². The number of amides is 14. The summed E-state index contributed by atoms with van der Waals surface area (Å²) in [5.74, 6) is -13.4. The first kappa shape index (κ1) is 70.7. The van der Waals surface area contributed by atoms with E-state index >= 15 is 0 Å². The molecule has 3 rings (SSSR count). The topological polar surface area (TPSA) is 513 Å². The molecule has 2 aromatic carbocycles. The Morgan fingerprint density at radius 2 is 1.04 bits per heavy atom. The fraction of sp³-hybridized carbons (Fsp3) is 0.500. The van der Waals surface area contributed by atoms with Crippen LogP contribution in [0.5, 0.6) is 5.75 Å². The molecule has 33 heteroatoms. The lowest BCUT2D eigenvalue weighted by atomic mass is 10.0. The molecule has 1 aliphatic heterocycles. The van der Waals surface area contributed by atoms with Crippen LogP contribution in [0.1, 0.15) is 62.5 Å². The van der Waals surface area contributed by atoms with Gasteiger partial charge in [-0.2, -0.15) is 25.3 Å². The lowest BCUT2D eigenvalue weighted by Gasteiger charge is -2.30. The van der Waals surface area contributed by atoms with E-state index in [1.165, 1.54) is 29.2 Å². The molecule has 1 fully saturated rings. The van der Waals surface area contributed by atoms with Crippen LogP contribution >= 0.6 is 25.3 Å². The standard InChI is InChI=1S/C52H76N16O15S2/c53-17-5-4-9-31(45(76)60-23-41(57)72)63-51(82)38-10-6-18-68(38)52(83)37(27-85)67-49(80)35(21-40(56)71)66-46(77)32(15-16-39(55)70)62-47(78)33(19-28-7-2-1-3-8-28)64-48(79)34(20-29-11-13-30(69)14-12-29)65-50(81)36(26-84)61-44(75)25-59-43(74)24-58-42(73)22-54/h1-3,7-8,11-14,31-38,69,84-85H,4-6,9-10,15-27,53-54H2,(H2,55,70)(H2,56,71)(H2,57,72)(H,58,73)(H,59,74)(H,60,76)(H,61,75)(H,62,78)(H,63,82)(H,64,79)(H,65,81)(H,66,77)(H,67,80)/t31-,32-,33-,34-,35-,36-,37-,38-/m0/s1. The number of likely N-dealkylation sites (tertiary alicyclic amines) is 1. The smallest absolute Gasteiger partial charge is 0.246 e. The fourth-order valence-electron chi connectivity index (χ4n) is 8.41. The highest BCUT2D eigenvalue weighted by Gasteiger charge is 2.40. The maximum atomic E-state index is 14.5. The summed E-state index contributed by atoms with van der Waals surface area (Å²) in [5, 5.41) is 34.2. The van der Waals surface area contributed by atoms with Gasteiger partial charge in [-0.25, -0.2) is 0 Å². The highest BCUT2D eigenvalue weighted by Crippen LogP contribution is 2.20. The van der Waals surface area contributed by atoms with Crippen molar-refractivity contribution < 1.29 is 72.2 Å². The molecule has 2 aromatic rings. The van der Waals surface area contributed by atoms with E-state index < -0.39 is 170 Å². The molecule has 0 radical (unpaired) electrons. The number of hydrogen-bond donors (Lipinski definition) is 18. The molecule has 0 aromatic heterocycles. The molecule has 31 nitrogen and oxygen atoms in total. The summed E-state index contributed by atoms with van der Waals surface area (Å²) in [6.07, 6.45) is -0.882. The molecule has 1 heterocycles. The Hall–Kier alpha value is -8.56. The van der Waals surface area contributed by atoms with Crippen molar-refractivity contribution >= 4 is 108 Å². The van der Waals surface area contributed by atoms with E-state index in [9.17, 15) is 72.2 Å². The van der Waals surface area contributed by atoms with Crippen LogP contribution in [0.15, 0.2) is 54.6 Å². The van der Waals surface area contributed by atoms with E-state index in [2.05, 4.69) is 78.4 Å². The molecule has 21 N–H and O–H groups in total. The largest absolute Gasteiger partial charge is 0.508 e. The zero-order valence-electron chi connectivity index (χ0n) is 46.4. The highest BCUT2D eigenvalue weighted by atomic mass is 32.1. The van der Waals surface area contributed by atoms with Crippen LogP contribution < -0.4 is 81.8 Å². The van der Waals surface area contributed by atoms with E-state index in [0.29, 0.717) is 36.9 Å². The number of phenols is 1. The Morgan fingerprint density at radius 3 is 1.60 bits per heavy atom. The molecule has 1 saturated heterocycles. The van der Waals surface area contributed by atoms with Gasteiger partial charge < -0.3 is 91.8 Å². The Morgan fingerprint density at radius 1 is 0.518 bits per heavy atom. The van der Waals surface area contributed by atoms with Gasteiger partial charge in [0.1, 0.15) is 54.1 Å². The first-order valence-electron chi connectivity index (χ1n) is 26.9. The number of unbranched alkanes of at least 4 members (excludes halogenated alkanes) is 1. The molecule has 0 aliphatic carbocycles. The summed E-state index contributed by atoms with van der Waals surface area (Å²) in [5.41, 5.74) is 27.8. The maximum absolute atomic E-state index is 14.5. The number of nitrogens with zero attached hydrogens (tertiary/aromatic N) is 1. The monoisotopic (exact) mass is 1230 g/mol. The van der Waals surface area contributed by atoms with Gasteiger partial charge in [0.2, 0.25) is 82.7 Å². The number of nitrogens with two attached hydrogens (primary N) is 5. The Bertz CT molecular complexity index is 2690. The van der Waals surface area contributed by atoms with Gasteiger partial charge in [-0.15, -0.1) is 0 Å². The quantitative estimate of drug-likeness (QED) is 0.0221. The summed E-state index contributed by atoms with van der Waals surface area (Å²) in [6.45, 7) is -1.66. The van der Waals surface area contributed by atoms with E-state index in [1.54, 1.807) is 30.3 Å². The van der Waals surface area contributed by atoms with Gasteiger partial charge in [-0.3, -0.25) is 67.1 Å². The zero-order valence-corrected chi connectivity index (χ0v) is 48.2. The highest BCUT2D eigenvalue weighted by molar-refractivity contribution is 7.80. The molecule has 466 valence electrons. The van der Waals surface area contributed by atoms with Crippen molar-refractivity contribution in [3.05, 3.63) is 65.7 Å². The van der Waals surface area contributed by atoms with Crippen LogP contribution in [0.4, 0.5) is 0 Å². The first-order valence-corrected chi connectivity index (χ1v) is 28.2. The van der Waals surface area contributed by atoms with Crippen LogP contribution in [-0.2, 0) is 80.0 Å². The number of carbonyl (C=O) groups is 14. The average Bonchev–Trinajstić information content (AvgIpc) is 4.23. The van der Waals surface area contributed by atoms with E-state index in [0.717, 1.165) is 0 Å². The molecular weight excluding hydrogens is 1150 g/mol. The molecule has 85 heavy (non-hydrogen) atoms. The third-order valence-electron chi connectivity index (χ3n) is 12.8. The maximum Gasteiger partial charge on any atom is 0.246 e. The van der Waals surface area contributed by atoms with E-state index in [4.69, 9.17) is 28.7 Å². The normalized spacial score (nSPS) is 15.1. The van der Waals surface area contributed by atoms with Crippen LogP contribution in [0, 0.1) is 0 Å². The minimum absolute atomic E-state index is 0.0339. The number of hydrogen-bond acceptors (Lipinski definition) is 19. The van der Waals surface area contributed by atoms with E-state index in [1.807, 2.05) is 0 Å². The van der Waals surface area contributed by atoms with Crippen molar-refractivity contribution in [1.82, 2.24) is 58.1 Å². The number of phenolic OH excluding ortho intramolecular Hbond substituents is 1. The molecule has 8 atom stereocenters. The number of thiol groups is 2. The van der Waals surface area contributed by atoms with Crippen molar-refractivity contribution in [2.75, 3.05) is 50.8 Å². The number of carbonyl (C=O) groups excluding carboxylic acids is 14. The van der Waals surface area contributed by atoms with Crippen LogP contribution in [0.2, 0.25) is 0 Å². The zero-order chi connectivity index (χ0) is 63.2. The lowest BCUT2D eigenvalue weighted by molar-refractivity contribution is -0.142. The van der Waals surface area contributed by atoms with Crippen molar-refractivity contribution in [1.29, 1.82) is 0 Å². The number of primary amides is 3. The minimum atomic E-state index is -1.84. The van der Waals surface area contributed by atoms with Gasteiger partial charge in [0.25, 0.3) is 0 Å². The predicted octanol–water partition coefficient (Wildman–Crippen LogP) is -7.52. The molecule has 0 spiro atoms. The number of benzene rings is 2. The number of nitrogens with one attached hydrogen (secondary N) is 10.